The molecule has 5 nitrogen and oxygen atoms in total. The molecule has 0 spiro atoms. The van der Waals surface area contributed by atoms with Crippen LogP contribution in [-0.2, 0) is 9.53 Å². The predicted molar refractivity (Wildman–Crippen MR) is 72.2 cm³/mol. The molecular weight excluding hydrogens is 244 g/mol. The van der Waals surface area contributed by atoms with Gasteiger partial charge in [0.15, 0.2) is 0 Å². The normalized spacial score (nSPS) is 11.2. The van der Waals surface area contributed by atoms with E-state index < -0.39 is 17.9 Å². The second-order valence-corrected chi connectivity index (χ2v) is 3.88. The van der Waals surface area contributed by atoms with E-state index in [0.717, 1.165) is 0 Å². The Morgan fingerprint density at radius 3 is 2.74 bits per heavy atom. The molecule has 0 bridgehead atoms. The number of anilines is 1. The van der Waals surface area contributed by atoms with E-state index in [1.807, 2.05) is 0 Å². The number of carbonyl (C=O) groups excluding carboxylic acids is 2. The van der Waals surface area contributed by atoms with Crippen molar-refractivity contribution in [3.05, 3.63) is 29.8 Å². The molecule has 0 aliphatic heterocycles. The van der Waals surface area contributed by atoms with Crippen LogP contribution < -0.4 is 11.1 Å². The molecule has 0 saturated heterocycles. The maximum absolute atomic E-state index is 12.0. The van der Waals surface area contributed by atoms with E-state index in [1.54, 1.807) is 24.3 Å². The summed E-state index contributed by atoms with van der Waals surface area (Å²) in [7, 11) is 1.26. The van der Waals surface area contributed by atoms with Crippen LogP contribution in [0.2, 0.25) is 0 Å². The minimum Gasteiger partial charge on any atom is -0.467 e. The molecule has 1 rings (SSSR count). The maximum atomic E-state index is 12.0. The molecule has 19 heavy (non-hydrogen) atoms. The van der Waals surface area contributed by atoms with Crippen LogP contribution >= 0.6 is 0 Å². The minimum absolute atomic E-state index is 0.317. The number of methoxy groups -OCH3 is 1. The van der Waals surface area contributed by atoms with Crippen molar-refractivity contribution >= 4 is 17.6 Å². The lowest BCUT2D eigenvalue weighted by atomic mass is 10.1. The van der Waals surface area contributed by atoms with Gasteiger partial charge in [0.05, 0.1) is 12.7 Å². The fourth-order valence-corrected chi connectivity index (χ4v) is 1.56. The molecule has 100 valence electrons. The fraction of sp³-hybridized carbons (Fsp3) is 0.286. The molecular formula is C14H16N2O3. The molecule has 0 aliphatic rings. The van der Waals surface area contributed by atoms with Crippen LogP contribution in [0.3, 0.4) is 0 Å². The number of esters is 1. The summed E-state index contributed by atoms with van der Waals surface area (Å²) in [4.78, 5) is 23.5. The summed E-state index contributed by atoms with van der Waals surface area (Å²) in [6.07, 6.45) is 5.84. The zero-order valence-electron chi connectivity index (χ0n) is 10.7. The number of rotatable bonds is 5. The number of amides is 1. The lowest BCUT2D eigenvalue weighted by Gasteiger charge is -2.16. The van der Waals surface area contributed by atoms with Crippen LogP contribution in [0.25, 0.3) is 0 Å². The van der Waals surface area contributed by atoms with Gasteiger partial charge in [-0.1, -0.05) is 12.1 Å². The third kappa shape index (κ3) is 4.03. The summed E-state index contributed by atoms with van der Waals surface area (Å²) in [5.41, 5.74) is 6.36. The number of benzene rings is 1. The zero-order chi connectivity index (χ0) is 14.3. The molecule has 0 radical (unpaired) electrons. The van der Waals surface area contributed by atoms with E-state index in [9.17, 15) is 9.59 Å². The highest BCUT2D eigenvalue weighted by Crippen LogP contribution is 2.11. The fourth-order valence-electron chi connectivity index (χ4n) is 1.56. The van der Waals surface area contributed by atoms with Gasteiger partial charge in [0.2, 0.25) is 0 Å². The second-order valence-electron chi connectivity index (χ2n) is 3.88. The average Bonchev–Trinajstić information content (AvgIpc) is 2.42. The van der Waals surface area contributed by atoms with Gasteiger partial charge in [-0.25, -0.2) is 4.79 Å². The smallest absolute Gasteiger partial charge is 0.328 e. The number of para-hydroxylation sites is 1. The van der Waals surface area contributed by atoms with Crippen molar-refractivity contribution in [2.75, 3.05) is 12.8 Å². The minimum atomic E-state index is -0.770. The number of hydrogen-bond donors (Lipinski definition) is 2. The predicted octanol–water partition coefficient (Wildman–Crippen LogP) is 0.954. The van der Waals surface area contributed by atoms with Crippen LogP contribution in [0.15, 0.2) is 24.3 Å². The molecule has 0 saturated carbocycles. The SMILES string of the molecule is C#CCC[C@H](NC(=O)c1ccccc1N)C(=O)OC. The molecule has 1 atom stereocenters. The monoisotopic (exact) mass is 260 g/mol. The Hall–Kier alpha value is -2.48. The Kier molecular flexibility index (Phi) is 5.42. The van der Waals surface area contributed by atoms with Crippen molar-refractivity contribution in [2.45, 2.75) is 18.9 Å². The van der Waals surface area contributed by atoms with Gasteiger partial charge < -0.3 is 15.8 Å². The van der Waals surface area contributed by atoms with Crippen molar-refractivity contribution in [1.29, 1.82) is 0 Å². The van der Waals surface area contributed by atoms with Gasteiger partial charge in [-0.3, -0.25) is 4.79 Å². The number of hydrogen-bond acceptors (Lipinski definition) is 4. The standard InChI is InChI=1S/C14H16N2O3/c1-3-4-9-12(14(18)19-2)16-13(17)10-7-5-6-8-11(10)15/h1,5-8,12H,4,9,15H2,2H3,(H,16,17)/t12-/m0/s1. The van der Waals surface area contributed by atoms with Crippen LogP contribution in [0, 0.1) is 12.3 Å². The largest absolute Gasteiger partial charge is 0.467 e. The lowest BCUT2D eigenvalue weighted by molar-refractivity contribution is -0.143. The molecule has 0 aliphatic carbocycles. The number of nitrogen functional groups attached to an aromatic ring is 1. The van der Waals surface area contributed by atoms with Gasteiger partial charge in [0.25, 0.3) is 5.91 Å². The van der Waals surface area contributed by atoms with E-state index >= 15 is 0 Å². The van der Waals surface area contributed by atoms with E-state index in [1.165, 1.54) is 7.11 Å². The van der Waals surface area contributed by atoms with Crippen molar-refractivity contribution in [2.24, 2.45) is 0 Å². The Morgan fingerprint density at radius 2 is 2.16 bits per heavy atom. The lowest BCUT2D eigenvalue weighted by Crippen LogP contribution is -2.41. The third-order valence-corrected chi connectivity index (χ3v) is 2.57. The molecule has 1 amide bonds. The highest BCUT2D eigenvalue weighted by atomic mass is 16.5. The number of nitrogens with one attached hydrogen (secondary N) is 1. The topological polar surface area (TPSA) is 81.4 Å². The van der Waals surface area contributed by atoms with Crippen molar-refractivity contribution < 1.29 is 14.3 Å². The molecule has 1 aromatic rings. The Bertz CT molecular complexity index is 506. The summed E-state index contributed by atoms with van der Waals surface area (Å²) in [6.45, 7) is 0. The van der Waals surface area contributed by atoms with Crippen molar-refractivity contribution in [3.63, 3.8) is 0 Å². The Labute approximate surface area is 112 Å². The number of ether oxygens (including phenoxy) is 1. The quantitative estimate of drug-likeness (QED) is 0.469. The van der Waals surface area contributed by atoms with E-state index in [2.05, 4.69) is 16.0 Å². The highest BCUT2D eigenvalue weighted by Gasteiger charge is 2.22. The molecule has 0 aromatic heterocycles. The van der Waals surface area contributed by atoms with Crippen LogP contribution in [0.5, 0.6) is 0 Å². The van der Waals surface area contributed by atoms with Crippen LogP contribution in [-0.4, -0.2) is 25.0 Å². The first-order valence-electron chi connectivity index (χ1n) is 5.76. The number of carbonyl (C=O) groups is 2. The third-order valence-electron chi connectivity index (χ3n) is 2.57. The molecule has 0 heterocycles. The Morgan fingerprint density at radius 1 is 1.47 bits per heavy atom. The summed E-state index contributed by atoms with van der Waals surface area (Å²) in [5.74, 6) is 1.46. The number of terminal acetylenes is 1. The first-order valence-corrected chi connectivity index (χ1v) is 5.76. The van der Waals surface area contributed by atoms with Crippen LogP contribution in [0.1, 0.15) is 23.2 Å². The average molecular weight is 260 g/mol. The second kappa shape index (κ2) is 7.07. The van der Waals surface area contributed by atoms with Gasteiger partial charge in [0.1, 0.15) is 6.04 Å². The summed E-state index contributed by atoms with van der Waals surface area (Å²) in [5, 5.41) is 2.57. The molecule has 3 N–H and O–H groups in total. The van der Waals surface area contributed by atoms with Gasteiger partial charge in [-0.05, 0) is 18.6 Å². The first kappa shape index (κ1) is 14.6. The van der Waals surface area contributed by atoms with Crippen molar-refractivity contribution in [3.8, 4) is 12.3 Å². The van der Waals surface area contributed by atoms with Gasteiger partial charge in [-0.15, -0.1) is 12.3 Å². The van der Waals surface area contributed by atoms with E-state index in [4.69, 9.17) is 12.2 Å². The van der Waals surface area contributed by atoms with Gasteiger partial charge in [0, 0.05) is 12.1 Å². The zero-order valence-corrected chi connectivity index (χ0v) is 10.7. The van der Waals surface area contributed by atoms with Gasteiger partial charge >= 0.3 is 5.97 Å². The van der Waals surface area contributed by atoms with E-state index in [-0.39, 0.29) is 0 Å². The summed E-state index contributed by atoms with van der Waals surface area (Å²) in [6, 6.07) is 5.85. The highest BCUT2D eigenvalue weighted by molar-refractivity contribution is 6.00. The van der Waals surface area contributed by atoms with Crippen molar-refractivity contribution in [1.82, 2.24) is 5.32 Å². The summed E-state index contributed by atoms with van der Waals surface area (Å²) < 4.78 is 4.62. The molecule has 0 unspecified atom stereocenters. The molecule has 0 fully saturated rings. The summed E-state index contributed by atoms with van der Waals surface area (Å²) >= 11 is 0. The number of nitrogens with two attached hydrogens (primary N) is 1. The van der Waals surface area contributed by atoms with Crippen LogP contribution in [0.4, 0.5) is 5.69 Å². The van der Waals surface area contributed by atoms with Gasteiger partial charge in [-0.2, -0.15) is 0 Å². The molecule has 5 heteroatoms. The maximum Gasteiger partial charge on any atom is 0.328 e. The first-order chi connectivity index (χ1) is 9.10. The molecule has 1 aromatic carbocycles. The van der Waals surface area contributed by atoms with E-state index in [0.29, 0.717) is 24.1 Å². The Balaban J connectivity index is 2.79.